The van der Waals surface area contributed by atoms with Gasteiger partial charge in [-0.15, -0.1) is 0 Å². The highest BCUT2D eigenvalue weighted by Gasteiger charge is 2.33. The lowest BCUT2D eigenvalue weighted by Gasteiger charge is -2.11. The molecule has 1 aromatic carbocycles. The number of sulfone groups is 1. The molecule has 0 fully saturated rings. The molecule has 0 aliphatic heterocycles. The molecule has 6 heteroatoms. The predicted octanol–water partition coefficient (Wildman–Crippen LogP) is 0.517. The number of rotatable bonds is 4. The largest absolute Gasteiger partial charge is 0.479 e. The lowest BCUT2D eigenvalue weighted by atomic mass is 10.4. The zero-order valence-corrected chi connectivity index (χ0v) is 8.77. The standard InChI is InChI=1S/C9H10O5S/c1-14-9(8(10)11)15(12,13)7-5-3-2-4-6-7/h2-6,9H,1H3,(H,10,11). The van der Waals surface area contributed by atoms with E-state index in [4.69, 9.17) is 5.11 Å². The molecule has 1 unspecified atom stereocenters. The van der Waals surface area contributed by atoms with Crippen molar-refractivity contribution in [2.45, 2.75) is 10.3 Å². The summed E-state index contributed by atoms with van der Waals surface area (Å²) in [5.74, 6) is -1.53. The lowest BCUT2D eigenvalue weighted by Crippen LogP contribution is -2.31. The Labute approximate surface area is 87.2 Å². The highest BCUT2D eigenvalue weighted by Crippen LogP contribution is 2.16. The predicted molar refractivity (Wildman–Crippen MR) is 52.1 cm³/mol. The molecule has 0 saturated carbocycles. The van der Waals surface area contributed by atoms with Crippen LogP contribution in [0.5, 0.6) is 0 Å². The molecule has 15 heavy (non-hydrogen) atoms. The summed E-state index contributed by atoms with van der Waals surface area (Å²) in [6, 6.07) is 7.32. The highest BCUT2D eigenvalue weighted by molar-refractivity contribution is 7.92. The van der Waals surface area contributed by atoms with Crippen LogP contribution in [0, 0.1) is 0 Å². The molecule has 1 aromatic rings. The summed E-state index contributed by atoms with van der Waals surface area (Å²) >= 11 is 0. The molecular formula is C9H10O5S. The van der Waals surface area contributed by atoms with Gasteiger partial charge in [-0.3, -0.25) is 0 Å². The van der Waals surface area contributed by atoms with Crippen molar-refractivity contribution in [3.05, 3.63) is 30.3 Å². The van der Waals surface area contributed by atoms with Gasteiger partial charge in [-0.2, -0.15) is 0 Å². The number of carboxylic acid groups (broad SMARTS) is 1. The van der Waals surface area contributed by atoms with Crippen LogP contribution in [-0.4, -0.2) is 32.0 Å². The second-order valence-corrected chi connectivity index (χ2v) is 4.75. The molecule has 1 atom stereocenters. The van der Waals surface area contributed by atoms with E-state index in [-0.39, 0.29) is 4.90 Å². The minimum atomic E-state index is -3.97. The Morgan fingerprint density at radius 3 is 2.27 bits per heavy atom. The molecule has 0 aliphatic rings. The van der Waals surface area contributed by atoms with E-state index in [9.17, 15) is 13.2 Å². The first-order chi connectivity index (χ1) is 7.00. The van der Waals surface area contributed by atoms with Gasteiger partial charge in [0, 0.05) is 7.11 Å². The molecule has 0 bridgehead atoms. The van der Waals surface area contributed by atoms with E-state index >= 15 is 0 Å². The van der Waals surface area contributed by atoms with Crippen molar-refractivity contribution >= 4 is 15.8 Å². The number of aliphatic carboxylic acids is 1. The van der Waals surface area contributed by atoms with Crippen molar-refractivity contribution in [1.82, 2.24) is 0 Å². The normalized spacial score (nSPS) is 13.4. The number of benzene rings is 1. The van der Waals surface area contributed by atoms with Crippen molar-refractivity contribution in [1.29, 1.82) is 0 Å². The minimum Gasteiger partial charge on any atom is -0.479 e. The number of ether oxygens (including phenoxy) is 1. The third kappa shape index (κ3) is 2.34. The molecule has 0 aliphatic carbocycles. The number of methoxy groups -OCH3 is 1. The van der Waals surface area contributed by atoms with E-state index in [1.165, 1.54) is 24.3 Å². The van der Waals surface area contributed by atoms with Gasteiger partial charge in [0.1, 0.15) is 0 Å². The summed E-state index contributed by atoms with van der Waals surface area (Å²) in [7, 11) is -2.93. The Bertz CT molecular complexity index is 437. The third-order valence-electron chi connectivity index (χ3n) is 1.77. The summed E-state index contributed by atoms with van der Waals surface area (Å²) in [5, 5.41) is 8.67. The van der Waals surface area contributed by atoms with Gasteiger partial charge in [0.25, 0.3) is 5.44 Å². The maximum absolute atomic E-state index is 11.7. The van der Waals surface area contributed by atoms with Crippen molar-refractivity contribution in [3.63, 3.8) is 0 Å². The first-order valence-corrected chi connectivity index (χ1v) is 5.59. The second kappa shape index (κ2) is 4.41. The first-order valence-electron chi connectivity index (χ1n) is 4.04. The molecule has 0 saturated heterocycles. The van der Waals surface area contributed by atoms with Gasteiger partial charge in [-0.25, -0.2) is 13.2 Å². The molecular weight excluding hydrogens is 220 g/mol. The van der Waals surface area contributed by atoms with Crippen LogP contribution in [0.2, 0.25) is 0 Å². The van der Waals surface area contributed by atoms with Crippen LogP contribution in [-0.2, 0) is 19.4 Å². The number of hydrogen-bond donors (Lipinski definition) is 1. The monoisotopic (exact) mass is 230 g/mol. The van der Waals surface area contributed by atoms with E-state index in [2.05, 4.69) is 4.74 Å². The second-order valence-electron chi connectivity index (χ2n) is 2.76. The van der Waals surface area contributed by atoms with E-state index in [1.54, 1.807) is 6.07 Å². The fraction of sp³-hybridized carbons (Fsp3) is 0.222. The quantitative estimate of drug-likeness (QED) is 0.815. The highest BCUT2D eigenvalue weighted by atomic mass is 32.2. The summed E-state index contributed by atoms with van der Waals surface area (Å²) in [6.07, 6.45) is 0. The zero-order chi connectivity index (χ0) is 11.5. The van der Waals surface area contributed by atoms with Crippen molar-refractivity contribution < 1.29 is 23.1 Å². The number of carboxylic acids is 1. The van der Waals surface area contributed by atoms with E-state index in [1.807, 2.05) is 0 Å². The topological polar surface area (TPSA) is 80.7 Å². The van der Waals surface area contributed by atoms with Crippen LogP contribution in [0.3, 0.4) is 0 Å². The summed E-state index contributed by atoms with van der Waals surface area (Å²) in [4.78, 5) is 10.6. The molecule has 82 valence electrons. The fourth-order valence-corrected chi connectivity index (χ4v) is 2.40. The lowest BCUT2D eigenvalue weighted by molar-refractivity contribution is -0.143. The van der Waals surface area contributed by atoms with Gasteiger partial charge in [-0.05, 0) is 12.1 Å². The summed E-state index contributed by atoms with van der Waals surface area (Å²) < 4.78 is 27.8. The van der Waals surface area contributed by atoms with Gasteiger partial charge in [0.05, 0.1) is 4.90 Å². The maximum atomic E-state index is 11.7. The van der Waals surface area contributed by atoms with Gasteiger partial charge in [0.15, 0.2) is 0 Å². The van der Waals surface area contributed by atoms with Crippen LogP contribution < -0.4 is 0 Å². The molecule has 0 heterocycles. The van der Waals surface area contributed by atoms with Crippen molar-refractivity contribution in [2.24, 2.45) is 0 Å². The number of hydrogen-bond acceptors (Lipinski definition) is 4. The Balaban J connectivity index is 3.19. The van der Waals surface area contributed by atoms with Gasteiger partial charge in [-0.1, -0.05) is 18.2 Å². The Morgan fingerprint density at radius 1 is 1.33 bits per heavy atom. The molecule has 0 spiro atoms. The Hall–Kier alpha value is -1.40. The molecule has 1 N–H and O–H groups in total. The third-order valence-corrected chi connectivity index (χ3v) is 3.66. The first kappa shape index (κ1) is 11.7. The van der Waals surface area contributed by atoms with Crippen molar-refractivity contribution in [3.8, 4) is 0 Å². The summed E-state index contributed by atoms with van der Waals surface area (Å²) in [6.45, 7) is 0. The van der Waals surface area contributed by atoms with Crippen LogP contribution in [0.1, 0.15) is 0 Å². The van der Waals surface area contributed by atoms with Crippen molar-refractivity contribution in [2.75, 3.05) is 7.11 Å². The average Bonchev–Trinajstić information content (AvgIpc) is 2.19. The molecule has 5 nitrogen and oxygen atoms in total. The minimum absolute atomic E-state index is 0.0701. The van der Waals surface area contributed by atoms with Crippen LogP contribution in [0.25, 0.3) is 0 Å². The zero-order valence-electron chi connectivity index (χ0n) is 7.95. The fourth-order valence-electron chi connectivity index (χ4n) is 1.09. The summed E-state index contributed by atoms with van der Waals surface area (Å²) in [5.41, 5.74) is -1.86. The Morgan fingerprint density at radius 2 is 1.87 bits per heavy atom. The van der Waals surface area contributed by atoms with Crippen LogP contribution in [0.15, 0.2) is 35.2 Å². The van der Waals surface area contributed by atoms with Gasteiger partial charge >= 0.3 is 5.97 Å². The SMILES string of the molecule is COC(C(=O)O)S(=O)(=O)c1ccccc1. The Kier molecular flexibility index (Phi) is 3.43. The number of carbonyl (C=O) groups is 1. The van der Waals surface area contributed by atoms with E-state index in [0.29, 0.717) is 0 Å². The molecule has 0 amide bonds. The van der Waals surface area contributed by atoms with Crippen LogP contribution in [0.4, 0.5) is 0 Å². The van der Waals surface area contributed by atoms with Gasteiger partial charge in [0.2, 0.25) is 9.84 Å². The van der Waals surface area contributed by atoms with E-state index in [0.717, 1.165) is 7.11 Å². The molecule has 1 rings (SSSR count). The van der Waals surface area contributed by atoms with E-state index < -0.39 is 21.2 Å². The average molecular weight is 230 g/mol. The smallest absolute Gasteiger partial charge is 0.349 e. The van der Waals surface area contributed by atoms with Gasteiger partial charge < -0.3 is 9.84 Å². The maximum Gasteiger partial charge on any atom is 0.349 e. The van der Waals surface area contributed by atoms with Crippen LogP contribution >= 0.6 is 0 Å². The molecule has 0 aromatic heterocycles. The molecule has 0 radical (unpaired) electrons.